The Morgan fingerprint density at radius 3 is 2.57 bits per heavy atom. The normalized spacial score (nSPS) is 20.5. The molecular formula is C29H31ClN8O12S3. The summed E-state index contributed by atoms with van der Waals surface area (Å²) in [6.07, 6.45) is 1.74. The van der Waals surface area contributed by atoms with Gasteiger partial charge < -0.3 is 41.4 Å². The summed E-state index contributed by atoms with van der Waals surface area (Å²) in [7, 11) is -5.20. The molecule has 0 saturated carbocycles. The average Bonchev–Trinajstić information content (AvgIpc) is 3.86. The molecule has 2 aliphatic rings. The van der Waals surface area contributed by atoms with Crippen molar-refractivity contribution < 1.29 is 57.1 Å². The lowest BCUT2D eigenvalue weighted by Gasteiger charge is -2.52. The standard InChI is InChI=1S/C29H31ClN8O12S3/c1-28(2,26(45)46)50-36-18(14-10-51-27(31)34-14)22(42)35-20-25(44)38(53(47,48)49)29(20,3)11-33-21(41)16-8-32-23(52-16)12-6-7-37(9-12)24(43)13-4-5-15(39)19(40)17(13)30/h4-5,8,10,12,20,39-40H,6-7,9,11H2,1-3H3,(H2,31,34)(H,33,41)(H,35,42)(H,45,46)(H,47,48,49)/b36-18-/t12-,20-,29+/m1/s1. The van der Waals surface area contributed by atoms with Crippen molar-refractivity contribution in [3.05, 3.63) is 49.9 Å². The minimum Gasteiger partial charge on any atom is -0.504 e. The Labute approximate surface area is 313 Å². The number of phenols is 2. The Morgan fingerprint density at radius 1 is 1.25 bits per heavy atom. The van der Waals surface area contributed by atoms with E-state index in [4.69, 9.17) is 22.2 Å². The largest absolute Gasteiger partial charge is 0.504 e. The van der Waals surface area contributed by atoms with Gasteiger partial charge in [-0.1, -0.05) is 16.8 Å². The first-order chi connectivity index (χ1) is 24.7. The van der Waals surface area contributed by atoms with Crippen LogP contribution in [0, 0.1) is 0 Å². The minimum atomic E-state index is -5.20. The summed E-state index contributed by atoms with van der Waals surface area (Å²) in [5, 5.41) is 38.9. The third-order valence-corrected chi connectivity index (χ3v) is 11.7. The van der Waals surface area contributed by atoms with Crippen molar-refractivity contribution in [1.29, 1.82) is 0 Å². The van der Waals surface area contributed by atoms with Crippen molar-refractivity contribution >= 4 is 85.0 Å². The van der Waals surface area contributed by atoms with Gasteiger partial charge >= 0.3 is 16.3 Å². The number of nitrogen functional groups attached to an aromatic ring is 1. The van der Waals surface area contributed by atoms with Crippen LogP contribution < -0.4 is 16.4 Å². The molecule has 0 radical (unpaired) electrons. The second kappa shape index (κ2) is 14.4. The number of thiazole rings is 2. The summed E-state index contributed by atoms with van der Waals surface area (Å²) in [6, 6.07) is 0.758. The highest BCUT2D eigenvalue weighted by Crippen LogP contribution is 2.38. The highest BCUT2D eigenvalue weighted by Gasteiger charge is 2.63. The maximum atomic E-state index is 13.4. The van der Waals surface area contributed by atoms with E-state index in [-0.39, 0.29) is 43.1 Å². The van der Waals surface area contributed by atoms with Gasteiger partial charge in [-0.25, -0.2) is 19.1 Å². The number of hydrogen-bond acceptors (Lipinski definition) is 16. The fourth-order valence-electron chi connectivity index (χ4n) is 5.42. The van der Waals surface area contributed by atoms with E-state index in [0.29, 0.717) is 18.0 Å². The molecule has 0 unspecified atom stereocenters. The van der Waals surface area contributed by atoms with Gasteiger partial charge in [0.05, 0.1) is 21.8 Å². The Bertz CT molecular complexity index is 2160. The number of benzene rings is 1. The maximum absolute atomic E-state index is 13.4. The minimum absolute atomic E-state index is 0.00734. The molecule has 2 aromatic heterocycles. The monoisotopic (exact) mass is 814 g/mol. The summed E-state index contributed by atoms with van der Waals surface area (Å²) in [6.45, 7) is 3.38. The van der Waals surface area contributed by atoms with Gasteiger partial charge in [0, 0.05) is 30.9 Å². The van der Waals surface area contributed by atoms with Gasteiger partial charge in [0.15, 0.2) is 22.3 Å². The molecule has 0 bridgehead atoms. The van der Waals surface area contributed by atoms with Crippen LogP contribution in [-0.4, -0.2) is 120 Å². The first-order valence-corrected chi connectivity index (χ1v) is 18.7. The Balaban J connectivity index is 1.29. The van der Waals surface area contributed by atoms with Crippen LogP contribution in [0.2, 0.25) is 5.02 Å². The van der Waals surface area contributed by atoms with Crippen LogP contribution in [0.5, 0.6) is 11.5 Å². The molecule has 2 fully saturated rings. The molecule has 3 atom stereocenters. The van der Waals surface area contributed by atoms with Gasteiger partial charge in [-0.3, -0.25) is 23.7 Å². The van der Waals surface area contributed by atoms with E-state index in [0.717, 1.165) is 42.6 Å². The molecule has 0 aliphatic carbocycles. The van der Waals surface area contributed by atoms with Gasteiger partial charge in [0.2, 0.25) is 5.60 Å². The third-order valence-electron chi connectivity index (χ3n) is 8.40. The summed E-state index contributed by atoms with van der Waals surface area (Å²) < 4.78 is 34.4. The van der Waals surface area contributed by atoms with E-state index < -0.39 is 80.8 Å². The van der Waals surface area contributed by atoms with Crippen LogP contribution >= 0.6 is 34.3 Å². The van der Waals surface area contributed by atoms with E-state index in [9.17, 15) is 52.3 Å². The first-order valence-electron chi connectivity index (χ1n) is 15.2. The molecule has 1 aromatic carbocycles. The van der Waals surface area contributed by atoms with Gasteiger partial charge in [0.1, 0.15) is 22.2 Å². The molecule has 2 aliphatic heterocycles. The van der Waals surface area contributed by atoms with Crippen molar-refractivity contribution in [1.82, 2.24) is 29.8 Å². The number of carbonyl (C=O) groups is 5. The molecule has 3 aromatic rings. The zero-order valence-corrected chi connectivity index (χ0v) is 31.0. The van der Waals surface area contributed by atoms with Crippen LogP contribution in [0.1, 0.15) is 63.8 Å². The van der Waals surface area contributed by atoms with Gasteiger partial charge in [-0.2, -0.15) is 8.42 Å². The second-order valence-corrected chi connectivity index (χ2v) is 16.1. The van der Waals surface area contributed by atoms with Crippen molar-refractivity contribution in [3.63, 3.8) is 0 Å². The van der Waals surface area contributed by atoms with Crippen LogP contribution in [0.15, 0.2) is 28.9 Å². The number of carboxylic acid groups (broad SMARTS) is 1. The molecular weight excluding hydrogens is 784 g/mol. The number of carbonyl (C=O) groups excluding carboxylic acids is 4. The lowest BCUT2D eigenvalue weighted by Crippen LogP contribution is -2.81. The highest BCUT2D eigenvalue weighted by atomic mass is 35.5. The molecule has 2 saturated heterocycles. The second-order valence-electron chi connectivity index (χ2n) is 12.5. The number of amides is 4. The number of nitrogens with two attached hydrogens (primary N) is 1. The van der Waals surface area contributed by atoms with Crippen LogP contribution in [-0.2, 0) is 29.5 Å². The number of oxime groups is 1. The highest BCUT2D eigenvalue weighted by molar-refractivity contribution is 7.84. The number of nitrogens with zero attached hydrogens (tertiary/aromatic N) is 5. The number of aromatic hydroxyl groups is 2. The quantitative estimate of drug-likeness (QED) is 0.0437. The molecule has 0 spiro atoms. The van der Waals surface area contributed by atoms with Crippen molar-refractivity contribution in [2.24, 2.45) is 5.16 Å². The van der Waals surface area contributed by atoms with Crippen LogP contribution in [0.25, 0.3) is 0 Å². The SMILES string of the molecule is CC(C)(O/N=C(\C(=O)N[C@@H]1C(=O)N(S(=O)(=O)O)[C@@]1(C)CNC(=O)c1cnc([C@@H]2CCN(C(=O)c3ccc(O)c(O)c3Cl)C2)s1)c1csc(N)n1)C(=O)O. The number of likely N-dealkylation sites (tertiary alicyclic amines) is 1. The number of phenolic OH excluding ortho intramolecular Hbond substituents is 2. The van der Waals surface area contributed by atoms with Crippen LogP contribution in [0.4, 0.5) is 5.13 Å². The molecule has 284 valence electrons. The number of rotatable bonds is 12. The third kappa shape index (κ3) is 7.69. The number of hydrogen-bond donors (Lipinski definition) is 7. The predicted molar refractivity (Wildman–Crippen MR) is 187 cm³/mol. The average molecular weight is 815 g/mol. The molecule has 5 rings (SSSR count). The van der Waals surface area contributed by atoms with Gasteiger partial charge in [-0.15, -0.1) is 22.7 Å². The van der Waals surface area contributed by atoms with Crippen molar-refractivity contribution in [2.75, 3.05) is 25.4 Å². The zero-order valence-electron chi connectivity index (χ0n) is 27.8. The fraction of sp³-hybridized carbons (Fsp3) is 0.379. The first kappa shape index (κ1) is 39.1. The zero-order chi connectivity index (χ0) is 39.2. The van der Waals surface area contributed by atoms with E-state index in [1.807, 2.05) is 0 Å². The fourth-order valence-corrected chi connectivity index (χ4v) is 8.20. The Hall–Kier alpha value is -5.10. The molecule has 8 N–H and O–H groups in total. The van der Waals surface area contributed by atoms with E-state index in [1.54, 1.807) is 0 Å². The van der Waals surface area contributed by atoms with Crippen molar-refractivity contribution in [3.8, 4) is 11.5 Å². The number of carboxylic acids is 1. The number of halogens is 1. The molecule has 4 heterocycles. The predicted octanol–water partition coefficient (Wildman–Crippen LogP) is 0.779. The summed E-state index contributed by atoms with van der Waals surface area (Å²) in [5.41, 5.74) is 1.04. The summed E-state index contributed by atoms with van der Waals surface area (Å²) in [5.74, 6) is -6.43. The number of aromatic nitrogens is 2. The molecule has 4 amide bonds. The molecule has 53 heavy (non-hydrogen) atoms. The Kier molecular flexibility index (Phi) is 10.6. The van der Waals surface area contributed by atoms with E-state index >= 15 is 0 Å². The number of β-lactam (4-membered cyclic amide) rings is 1. The molecule has 20 nitrogen and oxygen atoms in total. The molecule has 24 heteroatoms. The number of nitrogens with one attached hydrogen (secondary N) is 2. The topological polar surface area (TPSA) is 304 Å². The van der Waals surface area contributed by atoms with E-state index in [2.05, 4.69) is 25.8 Å². The number of anilines is 1. The van der Waals surface area contributed by atoms with Gasteiger partial charge in [0.25, 0.3) is 23.6 Å². The smallest absolute Gasteiger partial charge is 0.362 e. The van der Waals surface area contributed by atoms with Gasteiger partial charge in [-0.05, 0) is 39.3 Å². The number of aliphatic carboxylic acids is 1. The summed E-state index contributed by atoms with van der Waals surface area (Å²) in [4.78, 5) is 79.2. The lowest BCUT2D eigenvalue weighted by atomic mass is 9.82. The van der Waals surface area contributed by atoms with Crippen LogP contribution in [0.3, 0.4) is 0 Å². The van der Waals surface area contributed by atoms with Crippen molar-refractivity contribution in [2.45, 2.75) is 50.3 Å². The van der Waals surface area contributed by atoms with E-state index in [1.165, 1.54) is 29.5 Å². The maximum Gasteiger partial charge on any atom is 0.362 e. The Morgan fingerprint density at radius 2 is 1.94 bits per heavy atom. The summed E-state index contributed by atoms with van der Waals surface area (Å²) >= 11 is 7.96. The lowest BCUT2D eigenvalue weighted by molar-refractivity contribution is -0.161.